The van der Waals surface area contributed by atoms with Crippen molar-refractivity contribution in [2.45, 2.75) is 39.0 Å². The molecule has 1 N–H and O–H groups in total. The van der Waals surface area contributed by atoms with Gasteiger partial charge >= 0.3 is 6.03 Å². The minimum atomic E-state index is -0.168. The van der Waals surface area contributed by atoms with Gasteiger partial charge < -0.3 is 19.8 Å². The predicted molar refractivity (Wildman–Crippen MR) is 110 cm³/mol. The van der Waals surface area contributed by atoms with Crippen molar-refractivity contribution in [2.24, 2.45) is 5.16 Å². The van der Waals surface area contributed by atoms with Gasteiger partial charge in [-0.2, -0.15) is 0 Å². The average molecular weight is 381 g/mol. The fourth-order valence-corrected chi connectivity index (χ4v) is 3.12. The Kier molecular flexibility index (Phi) is 6.53. The van der Waals surface area contributed by atoms with Crippen molar-refractivity contribution in [2.75, 3.05) is 13.7 Å². The van der Waals surface area contributed by atoms with E-state index in [4.69, 9.17) is 9.57 Å². The van der Waals surface area contributed by atoms with Crippen LogP contribution in [0.5, 0.6) is 5.75 Å². The van der Waals surface area contributed by atoms with Crippen LogP contribution < -0.4 is 10.1 Å². The van der Waals surface area contributed by atoms with Gasteiger partial charge in [-0.3, -0.25) is 0 Å². The molecule has 0 aromatic heterocycles. The van der Waals surface area contributed by atoms with E-state index in [0.717, 1.165) is 22.6 Å². The largest absolute Gasteiger partial charge is 0.497 e. The third kappa shape index (κ3) is 5.25. The Bertz CT molecular complexity index is 821. The molecule has 1 aliphatic rings. The first-order chi connectivity index (χ1) is 13.5. The number of carbonyl (C=O) groups is 1. The molecule has 6 nitrogen and oxygen atoms in total. The molecule has 0 unspecified atom stereocenters. The zero-order valence-electron chi connectivity index (χ0n) is 16.6. The van der Waals surface area contributed by atoms with Crippen LogP contribution in [-0.4, -0.2) is 42.4 Å². The molecule has 0 fully saturated rings. The fraction of sp³-hybridized carbons (Fsp3) is 0.364. The Morgan fingerprint density at radius 1 is 1.25 bits per heavy atom. The minimum absolute atomic E-state index is 0.0564. The number of nitrogens with zero attached hydrogens (tertiary/aromatic N) is 2. The van der Waals surface area contributed by atoms with Gasteiger partial charge in [-0.15, -0.1) is 0 Å². The molecule has 2 aromatic carbocycles. The number of nitrogens with one attached hydrogen (secondary N) is 1. The lowest BCUT2D eigenvalue weighted by Gasteiger charge is -2.26. The van der Waals surface area contributed by atoms with E-state index in [1.54, 1.807) is 12.0 Å². The highest BCUT2D eigenvalue weighted by Gasteiger charge is 2.27. The van der Waals surface area contributed by atoms with Crippen LogP contribution >= 0.6 is 0 Å². The van der Waals surface area contributed by atoms with E-state index in [0.29, 0.717) is 19.5 Å². The van der Waals surface area contributed by atoms with Gasteiger partial charge in [0.05, 0.1) is 19.4 Å². The molecule has 1 aliphatic heterocycles. The van der Waals surface area contributed by atoms with E-state index in [1.165, 1.54) is 0 Å². The summed E-state index contributed by atoms with van der Waals surface area (Å²) in [5.74, 6) is 0.772. The van der Waals surface area contributed by atoms with Crippen LogP contribution in [-0.2, 0) is 11.4 Å². The van der Waals surface area contributed by atoms with E-state index in [2.05, 4.69) is 10.5 Å². The molecule has 0 saturated carbocycles. The van der Waals surface area contributed by atoms with Crippen molar-refractivity contribution in [1.29, 1.82) is 0 Å². The van der Waals surface area contributed by atoms with E-state index < -0.39 is 0 Å². The van der Waals surface area contributed by atoms with Gasteiger partial charge in [0.2, 0.25) is 0 Å². The maximum Gasteiger partial charge on any atom is 0.318 e. The molecule has 0 spiro atoms. The average Bonchev–Trinajstić information content (AvgIpc) is 3.16. The second-order valence-corrected chi connectivity index (χ2v) is 7.17. The molecule has 28 heavy (non-hydrogen) atoms. The summed E-state index contributed by atoms with van der Waals surface area (Å²) in [4.78, 5) is 20.1. The maximum atomic E-state index is 12.7. The monoisotopic (exact) mass is 381 g/mol. The number of oxime groups is 1. The summed E-state index contributed by atoms with van der Waals surface area (Å²) < 4.78 is 5.30. The summed E-state index contributed by atoms with van der Waals surface area (Å²) in [7, 11) is 1.64. The summed E-state index contributed by atoms with van der Waals surface area (Å²) in [5.41, 5.74) is 2.97. The molecule has 0 aliphatic carbocycles. The molecule has 0 saturated heterocycles. The number of hydrogen-bond acceptors (Lipinski definition) is 4. The third-order valence-electron chi connectivity index (χ3n) is 4.47. The van der Waals surface area contributed by atoms with E-state index in [-0.39, 0.29) is 18.2 Å². The summed E-state index contributed by atoms with van der Waals surface area (Å²) in [6.45, 7) is 4.82. The van der Waals surface area contributed by atoms with Crippen molar-refractivity contribution < 1.29 is 14.4 Å². The quantitative estimate of drug-likeness (QED) is 0.793. The smallest absolute Gasteiger partial charge is 0.318 e. The zero-order chi connectivity index (χ0) is 19.9. The Labute approximate surface area is 166 Å². The first-order valence-corrected chi connectivity index (χ1v) is 9.51. The highest BCUT2D eigenvalue weighted by atomic mass is 16.6. The SMILES string of the molecule is COc1cccc(CN(C[C@@H]2CC(c3ccccc3)=NO2)C(=O)NC(C)C)c1. The number of ether oxygens (including phenoxy) is 1. The second kappa shape index (κ2) is 9.26. The van der Waals surface area contributed by atoms with Gasteiger partial charge in [0.25, 0.3) is 0 Å². The van der Waals surface area contributed by atoms with E-state index in [9.17, 15) is 4.79 Å². The number of hydrogen-bond donors (Lipinski definition) is 1. The van der Waals surface area contributed by atoms with Gasteiger partial charge in [0.15, 0.2) is 6.10 Å². The van der Waals surface area contributed by atoms with Crippen LogP contribution in [0.25, 0.3) is 0 Å². The molecular weight excluding hydrogens is 354 g/mol. The summed E-state index contributed by atoms with van der Waals surface area (Å²) in [6, 6.07) is 17.7. The van der Waals surface area contributed by atoms with Gasteiger partial charge in [-0.1, -0.05) is 47.6 Å². The van der Waals surface area contributed by atoms with Crippen LogP contribution in [0.2, 0.25) is 0 Å². The Morgan fingerprint density at radius 3 is 2.75 bits per heavy atom. The number of methoxy groups -OCH3 is 1. The highest BCUT2D eigenvalue weighted by Crippen LogP contribution is 2.20. The van der Waals surface area contributed by atoms with E-state index in [1.807, 2.05) is 68.4 Å². The Morgan fingerprint density at radius 2 is 2.04 bits per heavy atom. The first kappa shape index (κ1) is 19.7. The van der Waals surface area contributed by atoms with E-state index >= 15 is 0 Å². The van der Waals surface area contributed by atoms with Crippen molar-refractivity contribution in [1.82, 2.24) is 10.2 Å². The van der Waals surface area contributed by atoms with Gasteiger partial charge in [-0.25, -0.2) is 4.79 Å². The lowest BCUT2D eigenvalue weighted by molar-refractivity contribution is 0.0586. The first-order valence-electron chi connectivity index (χ1n) is 9.51. The van der Waals surface area contributed by atoms with Crippen LogP contribution in [0.1, 0.15) is 31.4 Å². The Hall–Kier alpha value is -3.02. The van der Waals surface area contributed by atoms with Crippen LogP contribution in [0, 0.1) is 0 Å². The molecule has 0 bridgehead atoms. The molecule has 6 heteroatoms. The number of benzene rings is 2. The predicted octanol–water partition coefficient (Wildman–Crippen LogP) is 3.81. The minimum Gasteiger partial charge on any atom is -0.497 e. The number of amides is 2. The van der Waals surface area contributed by atoms with Gasteiger partial charge in [0.1, 0.15) is 5.75 Å². The van der Waals surface area contributed by atoms with Crippen LogP contribution in [0.3, 0.4) is 0 Å². The van der Waals surface area contributed by atoms with Crippen molar-refractivity contribution in [3.05, 3.63) is 65.7 Å². The molecule has 2 aromatic rings. The molecular formula is C22H27N3O3. The number of carbonyl (C=O) groups excluding carboxylic acids is 1. The van der Waals surface area contributed by atoms with Gasteiger partial charge in [0, 0.05) is 19.0 Å². The molecule has 3 rings (SSSR count). The molecule has 1 atom stereocenters. The number of urea groups is 1. The summed E-state index contributed by atoms with van der Waals surface area (Å²) in [6.07, 6.45) is 0.506. The molecule has 2 amide bonds. The van der Waals surface area contributed by atoms with Crippen LogP contribution in [0.4, 0.5) is 4.79 Å². The molecule has 0 radical (unpaired) electrons. The molecule has 1 heterocycles. The van der Waals surface area contributed by atoms with Crippen molar-refractivity contribution in [3.8, 4) is 5.75 Å². The summed E-state index contributed by atoms with van der Waals surface area (Å²) >= 11 is 0. The number of rotatable bonds is 7. The molecule has 148 valence electrons. The lowest BCUT2D eigenvalue weighted by Crippen LogP contribution is -2.45. The third-order valence-corrected chi connectivity index (χ3v) is 4.47. The van der Waals surface area contributed by atoms with Crippen molar-refractivity contribution >= 4 is 11.7 Å². The summed E-state index contributed by atoms with van der Waals surface area (Å²) in [5, 5.41) is 7.20. The zero-order valence-corrected chi connectivity index (χ0v) is 16.6. The lowest BCUT2D eigenvalue weighted by atomic mass is 10.0. The highest BCUT2D eigenvalue weighted by molar-refractivity contribution is 6.01. The van der Waals surface area contributed by atoms with Crippen molar-refractivity contribution in [3.63, 3.8) is 0 Å². The maximum absolute atomic E-state index is 12.7. The van der Waals surface area contributed by atoms with Crippen LogP contribution in [0.15, 0.2) is 59.8 Å². The topological polar surface area (TPSA) is 63.2 Å². The normalized spacial score (nSPS) is 15.7. The Balaban J connectivity index is 1.68. The standard InChI is InChI=1S/C22H27N3O3/c1-16(2)23-22(26)25(14-17-8-7-11-19(12-17)27-3)15-20-13-21(24-28-20)18-9-5-4-6-10-18/h4-12,16,20H,13-15H2,1-3H3,(H,23,26)/t20-/m0/s1. The second-order valence-electron chi connectivity index (χ2n) is 7.17. The van der Waals surface area contributed by atoms with Gasteiger partial charge in [-0.05, 0) is 37.1 Å². The fourth-order valence-electron chi connectivity index (χ4n) is 3.12.